The maximum atomic E-state index is 12.6. The van der Waals surface area contributed by atoms with E-state index in [0.717, 1.165) is 37.9 Å². The second-order valence-corrected chi connectivity index (χ2v) is 6.68. The number of rotatable bonds is 5. The maximum Gasteiger partial charge on any atom is 0.289 e. The van der Waals surface area contributed by atoms with Crippen molar-refractivity contribution in [3.63, 3.8) is 0 Å². The zero-order valence-corrected chi connectivity index (χ0v) is 16.0. The van der Waals surface area contributed by atoms with Gasteiger partial charge in [-0.3, -0.25) is 4.79 Å². The van der Waals surface area contributed by atoms with E-state index in [1.54, 1.807) is 17.0 Å². The zero-order chi connectivity index (χ0) is 19.3. The number of ether oxygens (including phenoxy) is 2. The Kier molecular flexibility index (Phi) is 5.61. The Morgan fingerprint density at radius 3 is 2.21 bits per heavy atom. The van der Waals surface area contributed by atoms with Gasteiger partial charge >= 0.3 is 0 Å². The van der Waals surface area contributed by atoms with Crippen molar-refractivity contribution in [3.05, 3.63) is 30.0 Å². The predicted octanol–water partition coefficient (Wildman–Crippen LogP) is 1.27. The highest BCUT2D eigenvalue weighted by molar-refractivity contribution is 5.91. The number of hydrogen-bond donors (Lipinski definition) is 0. The molecule has 2 aromatic rings. The molecule has 0 spiro atoms. The van der Waals surface area contributed by atoms with Gasteiger partial charge < -0.3 is 28.6 Å². The van der Waals surface area contributed by atoms with Gasteiger partial charge in [-0.05, 0) is 25.1 Å². The highest BCUT2D eigenvalue weighted by atomic mass is 16.6. The molecule has 0 unspecified atom stereocenters. The van der Waals surface area contributed by atoms with Gasteiger partial charge in [-0.1, -0.05) is 0 Å². The van der Waals surface area contributed by atoms with E-state index in [0.29, 0.717) is 44.5 Å². The van der Waals surface area contributed by atoms with Crippen LogP contribution in [0.25, 0.3) is 0 Å². The van der Waals surface area contributed by atoms with Crippen LogP contribution in [0.5, 0.6) is 5.95 Å². The number of nitrogens with zero attached hydrogens (tertiary/aromatic N) is 5. The van der Waals surface area contributed by atoms with Gasteiger partial charge in [0.05, 0.1) is 19.8 Å². The van der Waals surface area contributed by atoms with E-state index < -0.39 is 0 Å². The molecule has 0 aliphatic carbocycles. The number of morpholine rings is 1. The molecule has 28 heavy (non-hydrogen) atoms. The van der Waals surface area contributed by atoms with Crippen LogP contribution < -0.4 is 14.5 Å². The van der Waals surface area contributed by atoms with E-state index in [1.165, 1.54) is 0 Å². The monoisotopic (exact) mass is 387 g/mol. The van der Waals surface area contributed by atoms with Crippen molar-refractivity contribution in [2.24, 2.45) is 0 Å². The fraction of sp³-hybridized carbons (Fsp3) is 0.526. The minimum absolute atomic E-state index is 0.112. The Hall–Kier alpha value is -2.81. The lowest BCUT2D eigenvalue weighted by Gasteiger charge is -2.35. The van der Waals surface area contributed by atoms with Gasteiger partial charge in [-0.2, -0.15) is 0 Å². The molecule has 0 aromatic carbocycles. The molecular formula is C19H25N5O4. The lowest BCUT2D eigenvalue weighted by molar-refractivity contribution is 0.0706. The van der Waals surface area contributed by atoms with Crippen LogP contribution in [0.4, 0.5) is 11.6 Å². The second-order valence-electron chi connectivity index (χ2n) is 6.68. The molecule has 9 heteroatoms. The van der Waals surface area contributed by atoms with Gasteiger partial charge in [0.25, 0.3) is 11.9 Å². The molecule has 0 bridgehead atoms. The number of carbonyl (C=O) groups excluding carboxylic acids is 1. The Balaban J connectivity index is 1.32. The van der Waals surface area contributed by atoms with Crippen molar-refractivity contribution < 1.29 is 18.7 Å². The van der Waals surface area contributed by atoms with Gasteiger partial charge in [0.1, 0.15) is 0 Å². The molecule has 2 saturated heterocycles. The van der Waals surface area contributed by atoms with Crippen LogP contribution in [0, 0.1) is 0 Å². The average Bonchev–Trinajstić information content (AvgIpc) is 3.23. The third kappa shape index (κ3) is 4.04. The van der Waals surface area contributed by atoms with Crippen LogP contribution in [0.15, 0.2) is 28.7 Å². The van der Waals surface area contributed by atoms with Crippen LogP contribution in [0.1, 0.15) is 17.5 Å². The summed E-state index contributed by atoms with van der Waals surface area (Å²) < 4.78 is 16.1. The highest BCUT2D eigenvalue weighted by Gasteiger charge is 2.25. The maximum absolute atomic E-state index is 12.6. The van der Waals surface area contributed by atoms with Gasteiger partial charge in [0.15, 0.2) is 17.4 Å². The molecule has 0 saturated carbocycles. The first-order valence-electron chi connectivity index (χ1n) is 9.68. The van der Waals surface area contributed by atoms with Crippen molar-refractivity contribution in [1.82, 2.24) is 15.1 Å². The zero-order valence-electron chi connectivity index (χ0n) is 16.0. The molecule has 0 atom stereocenters. The molecule has 1 amide bonds. The smallest absolute Gasteiger partial charge is 0.289 e. The Labute approximate surface area is 163 Å². The van der Waals surface area contributed by atoms with Crippen LogP contribution >= 0.6 is 0 Å². The topological polar surface area (TPSA) is 84.2 Å². The standard InChI is InChI=1S/C19H25N5O4/c1-2-27-18-6-3-15(28-18)19(25)24-9-7-22(8-10-24)16-4-5-17(21-20-16)23-11-13-26-14-12-23/h3-6H,2,7-14H2,1H3. The Morgan fingerprint density at radius 1 is 0.964 bits per heavy atom. The van der Waals surface area contributed by atoms with E-state index in [2.05, 4.69) is 20.0 Å². The van der Waals surface area contributed by atoms with Crippen molar-refractivity contribution in [2.75, 3.05) is 68.9 Å². The molecule has 2 aliphatic rings. The van der Waals surface area contributed by atoms with E-state index in [9.17, 15) is 4.79 Å². The van der Waals surface area contributed by atoms with Crippen LogP contribution in [0.3, 0.4) is 0 Å². The summed E-state index contributed by atoms with van der Waals surface area (Å²) in [5, 5.41) is 8.75. The SMILES string of the molecule is CCOc1ccc(C(=O)N2CCN(c3ccc(N4CCOCC4)nn3)CC2)o1. The van der Waals surface area contributed by atoms with Crippen LogP contribution in [-0.4, -0.2) is 80.1 Å². The molecule has 2 aliphatic heterocycles. The largest absolute Gasteiger partial charge is 0.465 e. The Bertz CT molecular complexity index is 780. The molecule has 2 fully saturated rings. The summed E-state index contributed by atoms with van der Waals surface area (Å²) in [6.45, 7) is 8.13. The van der Waals surface area contributed by atoms with Crippen molar-refractivity contribution in [2.45, 2.75) is 6.92 Å². The fourth-order valence-electron chi connectivity index (χ4n) is 3.40. The summed E-state index contributed by atoms with van der Waals surface area (Å²) in [5.41, 5.74) is 0. The van der Waals surface area contributed by atoms with E-state index >= 15 is 0 Å². The summed E-state index contributed by atoms with van der Waals surface area (Å²) >= 11 is 0. The molecule has 2 aromatic heterocycles. The minimum Gasteiger partial charge on any atom is -0.465 e. The number of furan rings is 1. The number of hydrogen-bond acceptors (Lipinski definition) is 8. The minimum atomic E-state index is -0.112. The lowest BCUT2D eigenvalue weighted by atomic mass is 10.2. The number of aromatic nitrogens is 2. The second kappa shape index (κ2) is 8.47. The van der Waals surface area contributed by atoms with Crippen molar-refractivity contribution in [1.29, 1.82) is 0 Å². The summed E-state index contributed by atoms with van der Waals surface area (Å²) in [4.78, 5) is 18.7. The number of carbonyl (C=O) groups is 1. The van der Waals surface area contributed by atoms with Crippen LogP contribution in [-0.2, 0) is 4.74 Å². The summed E-state index contributed by atoms with van der Waals surface area (Å²) in [6, 6.07) is 7.34. The quantitative estimate of drug-likeness (QED) is 0.758. The van der Waals surface area contributed by atoms with Crippen LogP contribution in [0.2, 0.25) is 0 Å². The average molecular weight is 387 g/mol. The summed E-state index contributed by atoms with van der Waals surface area (Å²) in [7, 11) is 0. The number of piperazine rings is 1. The van der Waals surface area contributed by atoms with Gasteiger partial charge in [-0.25, -0.2) is 0 Å². The third-order valence-electron chi connectivity index (χ3n) is 4.94. The first kappa shape index (κ1) is 18.5. The Morgan fingerprint density at radius 2 is 1.61 bits per heavy atom. The van der Waals surface area contributed by atoms with Gasteiger partial charge in [0.2, 0.25) is 0 Å². The molecule has 4 heterocycles. The molecule has 0 radical (unpaired) electrons. The molecule has 150 valence electrons. The summed E-state index contributed by atoms with van der Waals surface area (Å²) in [6.07, 6.45) is 0. The first-order chi connectivity index (χ1) is 13.7. The lowest BCUT2D eigenvalue weighted by Crippen LogP contribution is -2.49. The van der Waals surface area contributed by atoms with E-state index in [-0.39, 0.29) is 5.91 Å². The van der Waals surface area contributed by atoms with E-state index in [1.807, 2.05) is 19.1 Å². The van der Waals surface area contributed by atoms with Crippen molar-refractivity contribution >= 4 is 17.5 Å². The predicted molar refractivity (Wildman–Crippen MR) is 103 cm³/mol. The summed E-state index contributed by atoms with van der Waals surface area (Å²) in [5.74, 6) is 2.29. The van der Waals surface area contributed by atoms with Gasteiger partial charge in [-0.15, -0.1) is 10.2 Å². The molecule has 0 N–H and O–H groups in total. The normalized spacial score (nSPS) is 17.7. The third-order valence-corrected chi connectivity index (χ3v) is 4.94. The fourth-order valence-corrected chi connectivity index (χ4v) is 3.40. The number of amides is 1. The number of anilines is 2. The first-order valence-corrected chi connectivity index (χ1v) is 9.68. The molecule has 9 nitrogen and oxygen atoms in total. The highest BCUT2D eigenvalue weighted by Crippen LogP contribution is 2.20. The molecule has 4 rings (SSSR count). The molecular weight excluding hydrogens is 362 g/mol. The van der Waals surface area contributed by atoms with E-state index in [4.69, 9.17) is 13.9 Å². The van der Waals surface area contributed by atoms with Gasteiger partial charge in [0, 0.05) is 45.3 Å². The van der Waals surface area contributed by atoms with Crippen molar-refractivity contribution in [3.8, 4) is 5.95 Å².